The lowest BCUT2D eigenvalue weighted by Gasteiger charge is -2.13. The van der Waals surface area contributed by atoms with Crippen molar-refractivity contribution in [3.63, 3.8) is 0 Å². The van der Waals surface area contributed by atoms with Crippen molar-refractivity contribution in [2.45, 2.75) is 26.7 Å². The van der Waals surface area contributed by atoms with Crippen molar-refractivity contribution in [2.24, 2.45) is 0 Å². The first kappa shape index (κ1) is 21.4. The predicted octanol–water partition coefficient (Wildman–Crippen LogP) is 5.02. The van der Waals surface area contributed by atoms with Gasteiger partial charge in [0, 0.05) is 18.3 Å². The van der Waals surface area contributed by atoms with E-state index in [2.05, 4.69) is 10.3 Å². The number of thiazole rings is 1. The van der Waals surface area contributed by atoms with Crippen molar-refractivity contribution < 1.29 is 9.59 Å². The molecule has 0 aliphatic carbocycles. The number of carbonyl (C=O) groups excluding carboxylic acids is 2. The van der Waals surface area contributed by atoms with Crippen LogP contribution in [-0.2, 0) is 9.59 Å². The van der Waals surface area contributed by atoms with Crippen LogP contribution in [0.25, 0.3) is 6.08 Å². The van der Waals surface area contributed by atoms with E-state index in [0.717, 1.165) is 16.8 Å². The highest BCUT2D eigenvalue weighted by Crippen LogP contribution is 2.32. The number of carbonyl (C=O) groups is 2. The molecule has 29 heavy (non-hydrogen) atoms. The van der Waals surface area contributed by atoms with Crippen LogP contribution in [0.2, 0.25) is 0 Å². The maximum Gasteiger partial charge on any atom is 0.266 e. The Kier molecular flexibility index (Phi) is 7.35. The number of rotatable bonds is 7. The fourth-order valence-electron chi connectivity index (χ4n) is 2.74. The van der Waals surface area contributed by atoms with E-state index >= 15 is 0 Å². The first-order valence-electron chi connectivity index (χ1n) is 9.13. The van der Waals surface area contributed by atoms with E-state index < -0.39 is 0 Å². The first-order valence-corrected chi connectivity index (χ1v) is 11.2. The highest BCUT2D eigenvalue weighted by atomic mass is 32.2. The van der Waals surface area contributed by atoms with Gasteiger partial charge in [0.1, 0.15) is 4.32 Å². The molecule has 1 aromatic heterocycles. The molecule has 1 aliphatic heterocycles. The van der Waals surface area contributed by atoms with Gasteiger partial charge in [-0.2, -0.15) is 0 Å². The number of hydrogen-bond donors (Lipinski definition) is 1. The number of thiocarbonyl (C=S) groups is 1. The van der Waals surface area contributed by atoms with Crippen LogP contribution >= 0.6 is 35.3 Å². The van der Waals surface area contributed by atoms with Gasteiger partial charge in [0.15, 0.2) is 5.13 Å². The van der Waals surface area contributed by atoms with Gasteiger partial charge in [-0.1, -0.05) is 60.4 Å². The number of allylic oxidation sites excluding steroid dienone is 2. The zero-order chi connectivity index (χ0) is 20.8. The lowest BCUT2D eigenvalue weighted by Crippen LogP contribution is -2.29. The molecule has 0 bridgehead atoms. The Morgan fingerprint density at radius 2 is 2.07 bits per heavy atom. The number of anilines is 1. The second-order valence-electron chi connectivity index (χ2n) is 6.58. The molecule has 0 unspecified atom stereocenters. The van der Waals surface area contributed by atoms with Gasteiger partial charge in [-0.15, -0.1) is 11.3 Å². The smallest absolute Gasteiger partial charge is 0.266 e. The molecule has 8 heteroatoms. The van der Waals surface area contributed by atoms with Crippen molar-refractivity contribution >= 4 is 62.7 Å². The van der Waals surface area contributed by atoms with Gasteiger partial charge in [-0.05, 0) is 37.5 Å². The molecule has 5 nitrogen and oxygen atoms in total. The third-order valence-electron chi connectivity index (χ3n) is 4.08. The normalized spacial score (nSPS) is 16.0. The Morgan fingerprint density at radius 1 is 1.31 bits per heavy atom. The fraction of sp³-hybridized carbons (Fsp3) is 0.238. The van der Waals surface area contributed by atoms with Crippen molar-refractivity contribution in [1.29, 1.82) is 0 Å². The van der Waals surface area contributed by atoms with Crippen LogP contribution in [0.15, 0.2) is 52.3 Å². The number of nitrogens with one attached hydrogen (secondary N) is 1. The van der Waals surface area contributed by atoms with Gasteiger partial charge in [0.25, 0.3) is 5.91 Å². The third kappa shape index (κ3) is 6.09. The molecule has 1 saturated heterocycles. The van der Waals surface area contributed by atoms with Gasteiger partial charge < -0.3 is 5.32 Å². The minimum Gasteiger partial charge on any atom is -0.302 e. The van der Waals surface area contributed by atoms with Crippen LogP contribution in [0.4, 0.5) is 5.13 Å². The van der Waals surface area contributed by atoms with E-state index in [-0.39, 0.29) is 11.8 Å². The summed E-state index contributed by atoms with van der Waals surface area (Å²) >= 11 is 8.07. The maximum absolute atomic E-state index is 12.7. The van der Waals surface area contributed by atoms with Crippen LogP contribution < -0.4 is 5.32 Å². The summed E-state index contributed by atoms with van der Waals surface area (Å²) < 4.78 is 0.532. The van der Waals surface area contributed by atoms with E-state index in [1.165, 1.54) is 23.1 Å². The molecule has 1 N–H and O–H groups in total. The summed E-state index contributed by atoms with van der Waals surface area (Å²) in [5.41, 5.74) is 2.94. The highest BCUT2D eigenvalue weighted by molar-refractivity contribution is 8.26. The van der Waals surface area contributed by atoms with Crippen LogP contribution in [-0.4, -0.2) is 32.6 Å². The SMILES string of the molecule is CC(/C=C1\SC(=S)N(CCCC(=O)Nc2nc(C)cs2)C1=O)=C\c1ccccc1. The Bertz CT molecular complexity index is 980. The zero-order valence-electron chi connectivity index (χ0n) is 16.2. The quantitative estimate of drug-likeness (QED) is 0.481. The molecule has 1 aromatic carbocycles. The van der Waals surface area contributed by atoms with Crippen LogP contribution in [0.1, 0.15) is 31.0 Å². The molecule has 1 aliphatic rings. The van der Waals surface area contributed by atoms with Crippen LogP contribution in [0.5, 0.6) is 0 Å². The van der Waals surface area contributed by atoms with Crippen molar-refractivity contribution in [1.82, 2.24) is 9.88 Å². The molecule has 2 aromatic rings. The average Bonchev–Trinajstić information content (AvgIpc) is 3.19. The predicted molar refractivity (Wildman–Crippen MR) is 125 cm³/mol. The molecule has 0 atom stereocenters. The highest BCUT2D eigenvalue weighted by Gasteiger charge is 2.31. The Hall–Kier alpha value is -2.29. The van der Waals surface area contributed by atoms with Crippen LogP contribution in [0, 0.1) is 6.92 Å². The molecular weight excluding hydrogens is 422 g/mol. The van der Waals surface area contributed by atoms with Gasteiger partial charge in [0.05, 0.1) is 10.6 Å². The average molecular weight is 444 g/mol. The molecular formula is C21H21N3O2S3. The molecule has 1 fully saturated rings. The summed E-state index contributed by atoms with van der Waals surface area (Å²) in [5, 5.41) is 5.26. The second-order valence-corrected chi connectivity index (χ2v) is 9.11. The number of benzene rings is 1. The number of amides is 2. The number of hydrogen-bond acceptors (Lipinski definition) is 6. The van der Waals surface area contributed by atoms with Crippen LogP contribution in [0.3, 0.4) is 0 Å². The summed E-state index contributed by atoms with van der Waals surface area (Å²) in [7, 11) is 0. The summed E-state index contributed by atoms with van der Waals surface area (Å²) in [6.07, 6.45) is 4.73. The fourth-order valence-corrected chi connectivity index (χ4v) is 4.81. The van der Waals surface area contributed by atoms with Crippen molar-refractivity contribution in [2.75, 3.05) is 11.9 Å². The molecule has 2 heterocycles. The topological polar surface area (TPSA) is 62.3 Å². The van der Waals surface area contributed by atoms with Crippen molar-refractivity contribution in [3.05, 3.63) is 63.5 Å². The minimum atomic E-state index is -0.109. The number of aryl methyl sites for hydroxylation is 1. The summed E-state index contributed by atoms with van der Waals surface area (Å²) in [6.45, 7) is 4.27. The van der Waals surface area contributed by atoms with E-state index in [1.807, 2.05) is 61.7 Å². The summed E-state index contributed by atoms with van der Waals surface area (Å²) in [4.78, 5) is 31.1. The summed E-state index contributed by atoms with van der Waals surface area (Å²) in [6, 6.07) is 9.95. The zero-order valence-corrected chi connectivity index (χ0v) is 18.6. The lowest BCUT2D eigenvalue weighted by molar-refractivity contribution is -0.122. The van der Waals surface area contributed by atoms with E-state index in [1.54, 1.807) is 4.90 Å². The van der Waals surface area contributed by atoms with E-state index in [9.17, 15) is 9.59 Å². The number of nitrogens with zero attached hydrogens (tertiary/aromatic N) is 2. The Labute approximate surface area is 183 Å². The molecule has 150 valence electrons. The minimum absolute atomic E-state index is 0.100. The molecule has 0 spiro atoms. The molecule has 0 saturated carbocycles. The maximum atomic E-state index is 12.7. The monoisotopic (exact) mass is 443 g/mol. The number of aromatic nitrogens is 1. The Balaban J connectivity index is 1.53. The molecule has 3 rings (SSSR count). The van der Waals surface area contributed by atoms with E-state index in [4.69, 9.17) is 12.2 Å². The molecule has 0 radical (unpaired) electrons. The van der Waals surface area contributed by atoms with Gasteiger partial charge >= 0.3 is 0 Å². The standard InChI is InChI=1S/C21H21N3O2S3/c1-14(11-16-7-4-3-5-8-16)12-17-19(26)24(21(27)29-17)10-6-9-18(25)23-20-22-15(2)13-28-20/h3-5,7-8,11-13H,6,9-10H2,1-2H3,(H,22,23,25)/b14-11+,17-12-. The largest absolute Gasteiger partial charge is 0.302 e. The molecule has 2 amide bonds. The van der Waals surface area contributed by atoms with E-state index in [0.29, 0.717) is 33.7 Å². The van der Waals surface area contributed by atoms with Gasteiger partial charge in [0.2, 0.25) is 5.91 Å². The number of thioether (sulfide) groups is 1. The third-order valence-corrected chi connectivity index (χ3v) is 6.33. The Morgan fingerprint density at radius 3 is 2.76 bits per heavy atom. The van der Waals surface area contributed by atoms with Crippen molar-refractivity contribution in [3.8, 4) is 0 Å². The lowest BCUT2D eigenvalue weighted by atomic mass is 10.1. The van der Waals surface area contributed by atoms with Gasteiger partial charge in [-0.25, -0.2) is 4.98 Å². The summed E-state index contributed by atoms with van der Waals surface area (Å²) in [5.74, 6) is -0.210. The first-order chi connectivity index (χ1) is 13.9. The van der Waals surface area contributed by atoms with Gasteiger partial charge in [-0.3, -0.25) is 14.5 Å². The second kappa shape index (κ2) is 9.96.